The number of sulfonamides is 1. The zero-order valence-electron chi connectivity index (χ0n) is 16.3. The number of benzene rings is 2. The van der Waals surface area contributed by atoms with Gasteiger partial charge in [0.1, 0.15) is 10.6 Å². The van der Waals surface area contributed by atoms with E-state index in [1.165, 1.54) is 10.4 Å². The van der Waals surface area contributed by atoms with Gasteiger partial charge in [-0.25, -0.2) is 8.42 Å². The lowest BCUT2D eigenvalue weighted by Gasteiger charge is -2.21. The standard InChI is InChI=1S/C21H26N2O4S/c1-3-27-19-12-11-18(15-20(19)28(25,26)23-13-7-8-14-23)21(24)22(2)16-17-9-5-4-6-10-17/h4-6,9-12,15H,3,7-8,13-14,16H2,1-2H3. The van der Waals surface area contributed by atoms with Crippen molar-refractivity contribution in [1.29, 1.82) is 0 Å². The van der Waals surface area contributed by atoms with Gasteiger partial charge in [0, 0.05) is 32.2 Å². The fourth-order valence-corrected chi connectivity index (χ4v) is 5.01. The minimum atomic E-state index is -3.69. The third kappa shape index (κ3) is 4.36. The van der Waals surface area contributed by atoms with Crippen molar-refractivity contribution in [2.24, 2.45) is 0 Å². The van der Waals surface area contributed by atoms with Crippen LogP contribution in [0.3, 0.4) is 0 Å². The van der Waals surface area contributed by atoms with Gasteiger partial charge in [0.15, 0.2) is 0 Å². The molecule has 0 bridgehead atoms. The molecule has 0 saturated carbocycles. The van der Waals surface area contributed by atoms with Crippen molar-refractivity contribution in [2.75, 3.05) is 26.7 Å². The van der Waals surface area contributed by atoms with Crippen molar-refractivity contribution < 1.29 is 17.9 Å². The van der Waals surface area contributed by atoms with Gasteiger partial charge in [-0.15, -0.1) is 0 Å². The molecule has 2 aromatic carbocycles. The zero-order chi connectivity index (χ0) is 20.1. The molecular weight excluding hydrogens is 376 g/mol. The first kappa shape index (κ1) is 20.4. The first-order chi connectivity index (χ1) is 13.4. The maximum Gasteiger partial charge on any atom is 0.253 e. The van der Waals surface area contributed by atoms with Gasteiger partial charge in [-0.05, 0) is 43.5 Å². The molecule has 1 fully saturated rings. The van der Waals surface area contributed by atoms with Crippen LogP contribution in [-0.4, -0.2) is 50.3 Å². The van der Waals surface area contributed by atoms with E-state index in [1.54, 1.807) is 31.0 Å². The lowest BCUT2D eigenvalue weighted by atomic mass is 10.1. The molecular formula is C21H26N2O4S. The molecule has 0 aromatic heterocycles. The molecule has 28 heavy (non-hydrogen) atoms. The predicted octanol–water partition coefficient (Wildman–Crippen LogP) is 3.14. The minimum Gasteiger partial charge on any atom is -0.492 e. The number of carbonyl (C=O) groups is 1. The summed E-state index contributed by atoms with van der Waals surface area (Å²) in [6.07, 6.45) is 1.70. The summed E-state index contributed by atoms with van der Waals surface area (Å²) in [5, 5.41) is 0. The second kappa shape index (κ2) is 8.75. The summed E-state index contributed by atoms with van der Waals surface area (Å²) in [4.78, 5) is 14.5. The van der Waals surface area contributed by atoms with Crippen molar-refractivity contribution in [3.05, 3.63) is 59.7 Å². The Labute approximate surface area is 166 Å². The average molecular weight is 403 g/mol. The van der Waals surface area contributed by atoms with Crippen LogP contribution in [0.1, 0.15) is 35.7 Å². The molecule has 1 heterocycles. The Morgan fingerprint density at radius 2 is 1.79 bits per heavy atom. The molecule has 3 rings (SSSR count). The molecule has 0 N–H and O–H groups in total. The smallest absolute Gasteiger partial charge is 0.253 e. The molecule has 7 heteroatoms. The molecule has 0 radical (unpaired) electrons. The lowest BCUT2D eigenvalue weighted by molar-refractivity contribution is 0.0785. The largest absolute Gasteiger partial charge is 0.492 e. The molecule has 1 aliphatic heterocycles. The molecule has 1 aliphatic rings. The highest BCUT2D eigenvalue weighted by molar-refractivity contribution is 7.89. The maximum atomic E-state index is 13.1. The summed E-state index contributed by atoms with van der Waals surface area (Å²) in [6.45, 7) is 3.60. The average Bonchev–Trinajstić information content (AvgIpc) is 3.24. The lowest BCUT2D eigenvalue weighted by Crippen LogP contribution is -2.29. The number of carbonyl (C=O) groups excluding carboxylic acids is 1. The number of nitrogens with zero attached hydrogens (tertiary/aromatic N) is 2. The third-order valence-electron chi connectivity index (χ3n) is 4.78. The van der Waals surface area contributed by atoms with Crippen LogP contribution in [0, 0.1) is 0 Å². The Bertz CT molecular complexity index is 923. The van der Waals surface area contributed by atoms with Crippen molar-refractivity contribution in [2.45, 2.75) is 31.2 Å². The van der Waals surface area contributed by atoms with E-state index in [4.69, 9.17) is 4.74 Å². The van der Waals surface area contributed by atoms with Crippen LogP contribution in [0.4, 0.5) is 0 Å². The topological polar surface area (TPSA) is 66.9 Å². The molecule has 6 nitrogen and oxygen atoms in total. The van der Waals surface area contributed by atoms with Crippen LogP contribution in [0.5, 0.6) is 5.75 Å². The summed E-state index contributed by atoms with van der Waals surface area (Å²) < 4.78 is 33.2. The molecule has 0 aliphatic carbocycles. The summed E-state index contributed by atoms with van der Waals surface area (Å²) in [7, 11) is -1.99. The zero-order valence-corrected chi connectivity index (χ0v) is 17.1. The Morgan fingerprint density at radius 1 is 1.11 bits per heavy atom. The van der Waals surface area contributed by atoms with Gasteiger partial charge in [0.05, 0.1) is 6.61 Å². The second-order valence-corrected chi connectivity index (χ2v) is 8.76. The van der Waals surface area contributed by atoms with Crippen LogP contribution in [0.25, 0.3) is 0 Å². The number of hydrogen-bond acceptors (Lipinski definition) is 4. The molecule has 2 aromatic rings. The summed E-state index contributed by atoms with van der Waals surface area (Å²) >= 11 is 0. The van der Waals surface area contributed by atoms with Crippen LogP contribution < -0.4 is 4.74 Å². The van der Waals surface area contributed by atoms with Crippen molar-refractivity contribution in [1.82, 2.24) is 9.21 Å². The summed E-state index contributed by atoms with van der Waals surface area (Å²) in [5.41, 5.74) is 1.34. The van der Waals surface area contributed by atoms with Gasteiger partial charge < -0.3 is 9.64 Å². The van der Waals surface area contributed by atoms with E-state index in [0.717, 1.165) is 18.4 Å². The summed E-state index contributed by atoms with van der Waals surface area (Å²) in [5.74, 6) is 0.0569. The van der Waals surface area contributed by atoms with Gasteiger partial charge in [0.25, 0.3) is 5.91 Å². The Kier molecular flexibility index (Phi) is 6.36. The molecule has 1 amide bonds. The van der Waals surface area contributed by atoms with Gasteiger partial charge >= 0.3 is 0 Å². The summed E-state index contributed by atoms with van der Waals surface area (Å²) in [6, 6.07) is 14.3. The van der Waals surface area contributed by atoms with Crippen LogP contribution in [-0.2, 0) is 16.6 Å². The van der Waals surface area contributed by atoms with Gasteiger partial charge in [-0.3, -0.25) is 4.79 Å². The predicted molar refractivity (Wildman–Crippen MR) is 108 cm³/mol. The normalized spacial score (nSPS) is 14.8. The number of rotatable bonds is 7. The van der Waals surface area contributed by atoms with E-state index in [2.05, 4.69) is 0 Å². The van der Waals surface area contributed by atoms with Crippen LogP contribution >= 0.6 is 0 Å². The van der Waals surface area contributed by atoms with Crippen LogP contribution in [0.15, 0.2) is 53.4 Å². The quantitative estimate of drug-likeness (QED) is 0.714. The maximum absolute atomic E-state index is 13.1. The van der Waals surface area contributed by atoms with Crippen molar-refractivity contribution in [3.8, 4) is 5.75 Å². The Hall–Kier alpha value is -2.38. The van der Waals surface area contributed by atoms with Crippen LogP contribution in [0.2, 0.25) is 0 Å². The molecule has 0 atom stereocenters. The van der Waals surface area contributed by atoms with Crippen molar-refractivity contribution >= 4 is 15.9 Å². The van der Waals surface area contributed by atoms with Gasteiger partial charge in [-0.1, -0.05) is 30.3 Å². The van der Waals surface area contributed by atoms with E-state index in [1.807, 2.05) is 30.3 Å². The third-order valence-corrected chi connectivity index (χ3v) is 6.70. The monoisotopic (exact) mass is 402 g/mol. The van der Waals surface area contributed by atoms with E-state index >= 15 is 0 Å². The molecule has 1 saturated heterocycles. The van der Waals surface area contributed by atoms with Gasteiger partial charge in [0.2, 0.25) is 10.0 Å². The number of hydrogen-bond donors (Lipinski definition) is 0. The number of ether oxygens (including phenoxy) is 1. The van der Waals surface area contributed by atoms with E-state index in [9.17, 15) is 13.2 Å². The van der Waals surface area contributed by atoms with Crippen molar-refractivity contribution in [3.63, 3.8) is 0 Å². The molecule has 0 unspecified atom stereocenters. The van der Waals surface area contributed by atoms with Gasteiger partial charge in [-0.2, -0.15) is 4.31 Å². The highest BCUT2D eigenvalue weighted by atomic mass is 32.2. The SMILES string of the molecule is CCOc1ccc(C(=O)N(C)Cc2ccccc2)cc1S(=O)(=O)N1CCCC1. The first-order valence-corrected chi connectivity index (χ1v) is 10.9. The fraction of sp³-hybridized carbons (Fsp3) is 0.381. The first-order valence-electron chi connectivity index (χ1n) is 9.50. The highest BCUT2D eigenvalue weighted by Gasteiger charge is 2.31. The molecule has 0 spiro atoms. The minimum absolute atomic E-state index is 0.0650. The number of amides is 1. The van der Waals surface area contributed by atoms with E-state index < -0.39 is 10.0 Å². The van der Waals surface area contributed by atoms with E-state index in [0.29, 0.717) is 31.8 Å². The molecule has 150 valence electrons. The van der Waals surface area contributed by atoms with E-state index in [-0.39, 0.29) is 16.6 Å². The second-order valence-electron chi connectivity index (χ2n) is 6.85. The Balaban J connectivity index is 1.90. The fourth-order valence-electron chi connectivity index (χ4n) is 3.33. The Morgan fingerprint density at radius 3 is 2.43 bits per heavy atom. The highest BCUT2D eigenvalue weighted by Crippen LogP contribution is 2.30.